The zero-order valence-corrected chi connectivity index (χ0v) is 15.7. The van der Waals surface area contributed by atoms with Gasteiger partial charge in [-0.1, -0.05) is 6.58 Å². The van der Waals surface area contributed by atoms with Crippen LogP contribution in [0.25, 0.3) is 5.57 Å². The molecule has 5 nitrogen and oxygen atoms in total. The summed E-state index contributed by atoms with van der Waals surface area (Å²) in [6.45, 7) is 4.93. The van der Waals surface area contributed by atoms with Crippen molar-refractivity contribution in [1.82, 2.24) is 10.2 Å². The molecule has 3 aliphatic rings. The van der Waals surface area contributed by atoms with Crippen LogP contribution < -0.4 is 10.6 Å². The highest BCUT2D eigenvalue weighted by Crippen LogP contribution is 2.38. The highest BCUT2D eigenvalue weighted by atomic mass is 19.4. The predicted molar refractivity (Wildman–Crippen MR) is 107 cm³/mol. The third kappa shape index (κ3) is 3.79. The summed E-state index contributed by atoms with van der Waals surface area (Å²) in [4.78, 5) is 17.9. The molecular weight excluding hydrogens is 381 g/mol. The Kier molecular flexibility index (Phi) is 4.94. The minimum atomic E-state index is -4.37. The van der Waals surface area contributed by atoms with E-state index >= 15 is 0 Å². The predicted octanol–water partition coefficient (Wildman–Crippen LogP) is 3.42. The summed E-state index contributed by atoms with van der Waals surface area (Å²) in [5.41, 5.74) is 3.33. The fraction of sp³-hybridized carbons (Fsp3) is 0.333. The summed E-state index contributed by atoms with van der Waals surface area (Å²) >= 11 is 0. The van der Waals surface area contributed by atoms with E-state index in [1.54, 1.807) is 17.3 Å². The first-order chi connectivity index (χ1) is 13.9. The molecule has 2 N–H and O–H groups in total. The van der Waals surface area contributed by atoms with Crippen molar-refractivity contribution in [3.8, 4) is 0 Å². The Morgan fingerprint density at radius 3 is 2.93 bits per heavy atom. The summed E-state index contributed by atoms with van der Waals surface area (Å²) in [7, 11) is 0. The van der Waals surface area contributed by atoms with Crippen LogP contribution in [0.2, 0.25) is 0 Å². The van der Waals surface area contributed by atoms with Crippen molar-refractivity contribution < 1.29 is 18.0 Å². The molecule has 0 aromatic heterocycles. The lowest BCUT2D eigenvalue weighted by Gasteiger charge is -2.24. The molecule has 0 radical (unpaired) electrons. The third-order valence-electron chi connectivity index (χ3n) is 5.47. The molecular formula is C21H21F3N4O. The van der Waals surface area contributed by atoms with Gasteiger partial charge < -0.3 is 15.5 Å². The number of amides is 1. The lowest BCUT2D eigenvalue weighted by atomic mass is 9.89. The van der Waals surface area contributed by atoms with Crippen LogP contribution in [0.1, 0.15) is 29.0 Å². The van der Waals surface area contributed by atoms with Crippen LogP contribution in [0.15, 0.2) is 47.6 Å². The molecule has 4 rings (SSSR count). The quantitative estimate of drug-likeness (QED) is 0.762. The molecule has 1 unspecified atom stereocenters. The van der Waals surface area contributed by atoms with Crippen LogP contribution in [0.3, 0.4) is 0 Å². The average molecular weight is 402 g/mol. The van der Waals surface area contributed by atoms with Gasteiger partial charge in [0.05, 0.1) is 5.57 Å². The number of allylic oxidation sites excluding steroid dienone is 2. The van der Waals surface area contributed by atoms with Crippen molar-refractivity contribution in [3.05, 3.63) is 59.3 Å². The van der Waals surface area contributed by atoms with Crippen molar-refractivity contribution >= 4 is 23.4 Å². The van der Waals surface area contributed by atoms with Gasteiger partial charge in [0.25, 0.3) is 0 Å². The summed E-state index contributed by atoms with van der Waals surface area (Å²) in [6, 6.07) is 3.78. The maximum absolute atomic E-state index is 13.2. The second-order valence-electron chi connectivity index (χ2n) is 7.30. The van der Waals surface area contributed by atoms with Gasteiger partial charge in [0.2, 0.25) is 5.91 Å². The number of alkyl halides is 3. The Bertz CT molecular complexity index is 946. The van der Waals surface area contributed by atoms with Crippen molar-refractivity contribution in [2.24, 2.45) is 4.99 Å². The second-order valence-corrected chi connectivity index (χ2v) is 7.30. The standard InChI is InChI=1S/C21H21F3N4O/c1-2-19(29)28-4-3-13(11-28)18-7-14(5-16-9-26-12-27-20(16)18)15-6-17(10-25-8-15)21(22,23)24/h2,5-9,13,25,27H,1,3-4,10-12H2. The van der Waals surface area contributed by atoms with Gasteiger partial charge in [-0.3, -0.25) is 9.79 Å². The number of hydrogen-bond acceptors (Lipinski definition) is 4. The zero-order valence-electron chi connectivity index (χ0n) is 15.7. The first-order valence-electron chi connectivity index (χ1n) is 9.41. The highest BCUT2D eigenvalue weighted by Gasteiger charge is 2.35. The van der Waals surface area contributed by atoms with Crippen LogP contribution in [-0.2, 0) is 4.79 Å². The van der Waals surface area contributed by atoms with Gasteiger partial charge in [0.1, 0.15) is 6.67 Å². The highest BCUT2D eigenvalue weighted by molar-refractivity contribution is 5.93. The van der Waals surface area contributed by atoms with Crippen molar-refractivity contribution in [2.75, 3.05) is 31.6 Å². The Hall–Kier alpha value is -3.03. The number of benzene rings is 1. The van der Waals surface area contributed by atoms with Crippen molar-refractivity contribution in [1.29, 1.82) is 0 Å². The number of fused-ring (bicyclic) bond motifs is 1. The molecule has 29 heavy (non-hydrogen) atoms. The van der Waals surface area contributed by atoms with Crippen LogP contribution >= 0.6 is 0 Å². The Balaban J connectivity index is 1.73. The summed E-state index contributed by atoms with van der Waals surface area (Å²) in [6.07, 6.45) is 2.26. The number of hydrogen-bond donors (Lipinski definition) is 2. The third-order valence-corrected chi connectivity index (χ3v) is 5.47. The fourth-order valence-electron chi connectivity index (χ4n) is 3.99. The normalized spacial score (nSPS) is 20.9. The van der Waals surface area contributed by atoms with E-state index in [-0.39, 0.29) is 18.4 Å². The number of rotatable bonds is 3. The molecule has 0 saturated carbocycles. The van der Waals surface area contributed by atoms with Crippen LogP contribution in [0.4, 0.5) is 18.9 Å². The molecule has 0 bridgehead atoms. The number of carbonyl (C=O) groups excluding carboxylic acids is 1. The number of nitrogens with one attached hydrogen (secondary N) is 2. The zero-order chi connectivity index (χ0) is 20.6. The lowest BCUT2D eigenvalue weighted by molar-refractivity contribution is -0.125. The minimum Gasteiger partial charge on any atom is -0.386 e. The first kappa shape index (κ1) is 19.3. The number of halogens is 3. The van der Waals surface area contributed by atoms with E-state index in [1.807, 2.05) is 12.1 Å². The number of likely N-dealkylation sites (tertiary alicyclic amines) is 1. The van der Waals surface area contributed by atoms with E-state index in [2.05, 4.69) is 22.2 Å². The largest absolute Gasteiger partial charge is 0.414 e. The van der Waals surface area contributed by atoms with Crippen molar-refractivity contribution in [3.63, 3.8) is 0 Å². The molecule has 1 aromatic carbocycles. The van der Waals surface area contributed by atoms with E-state index < -0.39 is 11.7 Å². The molecule has 1 fully saturated rings. The van der Waals surface area contributed by atoms with Gasteiger partial charge in [-0.25, -0.2) is 0 Å². The molecule has 3 aliphatic heterocycles. The van der Waals surface area contributed by atoms with Gasteiger partial charge in [-0.15, -0.1) is 0 Å². The molecule has 3 heterocycles. The smallest absolute Gasteiger partial charge is 0.386 e. The molecule has 152 valence electrons. The number of aliphatic imine (C=N–C) groups is 1. The van der Waals surface area contributed by atoms with Crippen molar-refractivity contribution in [2.45, 2.75) is 18.5 Å². The summed E-state index contributed by atoms with van der Waals surface area (Å²) in [5.74, 6) is -0.0150. The number of anilines is 1. The van der Waals surface area contributed by atoms with Crippen LogP contribution in [0, 0.1) is 0 Å². The maximum atomic E-state index is 13.2. The molecule has 0 aliphatic carbocycles. The lowest BCUT2D eigenvalue weighted by Crippen LogP contribution is -2.26. The van der Waals surface area contributed by atoms with Gasteiger partial charge in [0, 0.05) is 49.2 Å². The van der Waals surface area contributed by atoms with Gasteiger partial charge in [-0.2, -0.15) is 13.2 Å². The number of dihydropyridines is 1. The van der Waals surface area contributed by atoms with Crippen LogP contribution in [-0.4, -0.2) is 49.5 Å². The number of nitrogens with zero attached hydrogens (tertiary/aromatic N) is 2. The SMILES string of the molecule is C=CC(=O)N1CCC(c2cc(C3=CNCC(C(F)(F)F)=C3)cc3c2NCN=C3)C1. The number of carbonyl (C=O) groups is 1. The monoisotopic (exact) mass is 402 g/mol. The molecule has 1 atom stereocenters. The molecule has 1 saturated heterocycles. The van der Waals surface area contributed by atoms with E-state index in [1.165, 1.54) is 12.2 Å². The summed E-state index contributed by atoms with van der Waals surface area (Å²) < 4.78 is 39.5. The molecule has 1 aromatic rings. The average Bonchev–Trinajstić information content (AvgIpc) is 3.22. The maximum Gasteiger partial charge on any atom is 0.414 e. The minimum absolute atomic E-state index is 0.0924. The van der Waals surface area contributed by atoms with E-state index in [9.17, 15) is 18.0 Å². The van der Waals surface area contributed by atoms with Gasteiger partial charge in [0.15, 0.2) is 0 Å². The van der Waals surface area contributed by atoms with E-state index in [0.717, 1.165) is 23.2 Å². The second kappa shape index (κ2) is 7.42. The fourth-order valence-corrected chi connectivity index (χ4v) is 3.99. The molecule has 1 amide bonds. The summed E-state index contributed by atoms with van der Waals surface area (Å²) in [5, 5.41) is 6.00. The molecule has 8 heteroatoms. The van der Waals surface area contributed by atoms with E-state index in [0.29, 0.717) is 30.9 Å². The Labute approximate surface area is 166 Å². The Morgan fingerprint density at radius 2 is 2.17 bits per heavy atom. The van der Waals surface area contributed by atoms with Gasteiger partial charge in [-0.05, 0) is 47.4 Å². The Morgan fingerprint density at radius 1 is 1.34 bits per heavy atom. The van der Waals surface area contributed by atoms with Crippen LogP contribution in [0.5, 0.6) is 0 Å². The topological polar surface area (TPSA) is 56.7 Å². The van der Waals surface area contributed by atoms with E-state index in [4.69, 9.17) is 0 Å². The molecule has 0 spiro atoms. The first-order valence-corrected chi connectivity index (χ1v) is 9.41. The van der Waals surface area contributed by atoms with Gasteiger partial charge >= 0.3 is 6.18 Å².